The number of carbonyl (C=O) groups excluding carboxylic acids is 1. The summed E-state index contributed by atoms with van der Waals surface area (Å²) in [6.07, 6.45) is 6.47. The van der Waals surface area contributed by atoms with Gasteiger partial charge in [0, 0.05) is 31.6 Å². The van der Waals surface area contributed by atoms with Gasteiger partial charge < -0.3 is 10.0 Å². The Balaban J connectivity index is 2.08. The molecule has 2 rings (SSSR count). The lowest BCUT2D eigenvalue weighted by Crippen LogP contribution is -2.31. The van der Waals surface area contributed by atoms with Crippen LogP contribution in [-0.4, -0.2) is 34.0 Å². The zero-order valence-electron chi connectivity index (χ0n) is 12.6. The molecule has 0 spiro atoms. The number of benzene rings is 1. The fourth-order valence-corrected chi connectivity index (χ4v) is 2.08. The van der Waals surface area contributed by atoms with Gasteiger partial charge in [-0.15, -0.1) is 0 Å². The van der Waals surface area contributed by atoms with E-state index in [1.807, 2.05) is 12.1 Å². The summed E-state index contributed by atoms with van der Waals surface area (Å²) in [7, 11) is 0. The van der Waals surface area contributed by atoms with E-state index in [1.54, 1.807) is 47.6 Å². The Kier molecular flexibility index (Phi) is 6.04. The molecule has 23 heavy (non-hydrogen) atoms. The molecular weight excluding hydrogens is 290 g/mol. The van der Waals surface area contributed by atoms with Crippen molar-refractivity contribution in [1.29, 1.82) is 5.26 Å². The van der Waals surface area contributed by atoms with Gasteiger partial charge in [-0.25, -0.2) is 0 Å². The number of carbonyl (C=O) groups is 1. The summed E-state index contributed by atoms with van der Waals surface area (Å²) >= 11 is 0. The summed E-state index contributed by atoms with van der Waals surface area (Å²) < 4.78 is 0. The van der Waals surface area contributed by atoms with E-state index in [-0.39, 0.29) is 19.1 Å². The van der Waals surface area contributed by atoms with Crippen molar-refractivity contribution in [1.82, 2.24) is 9.88 Å². The van der Waals surface area contributed by atoms with Crippen LogP contribution in [0.3, 0.4) is 0 Å². The number of nitriles is 1. The summed E-state index contributed by atoms with van der Waals surface area (Å²) in [5, 5.41) is 18.0. The predicted molar refractivity (Wildman–Crippen MR) is 86.9 cm³/mol. The minimum atomic E-state index is -0.203. The molecule has 1 heterocycles. The highest BCUT2D eigenvalue weighted by Crippen LogP contribution is 2.08. The number of amides is 1. The number of hydrogen-bond donors (Lipinski definition) is 1. The normalized spacial score (nSPS) is 10.4. The second-order valence-electron chi connectivity index (χ2n) is 4.92. The third-order valence-corrected chi connectivity index (χ3v) is 3.21. The van der Waals surface area contributed by atoms with E-state index in [2.05, 4.69) is 11.1 Å². The molecule has 0 aliphatic rings. The monoisotopic (exact) mass is 307 g/mol. The van der Waals surface area contributed by atoms with Crippen LogP contribution in [0.1, 0.15) is 16.7 Å². The van der Waals surface area contributed by atoms with Gasteiger partial charge in [0.05, 0.1) is 18.2 Å². The smallest absolute Gasteiger partial charge is 0.246 e. The van der Waals surface area contributed by atoms with Crippen LogP contribution in [0.4, 0.5) is 0 Å². The number of aliphatic hydroxyl groups excluding tert-OH is 1. The summed E-state index contributed by atoms with van der Waals surface area (Å²) in [6, 6.07) is 12.8. The van der Waals surface area contributed by atoms with Crippen molar-refractivity contribution < 1.29 is 9.90 Å². The SMILES string of the molecule is N#Cc1cccc(/C=C/C(=O)N(CCO)Cc2cccnc2)c1. The van der Waals surface area contributed by atoms with Gasteiger partial charge in [0.2, 0.25) is 5.91 Å². The molecule has 5 nitrogen and oxygen atoms in total. The average Bonchev–Trinajstić information content (AvgIpc) is 2.60. The Hall–Kier alpha value is -2.97. The molecule has 0 atom stereocenters. The molecule has 0 unspecified atom stereocenters. The van der Waals surface area contributed by atoms with Crippen LogP contribution in [0.5, 0.6) is 0 Å². The first-order valence-electron chi connectivity index (χ1n) is 7.20. The molecule has 0 saturated heterocycles. The predicted octanol–water partition coefficient (Wildman–Crippen LogP) is 1.99. The van der Waals surface area contributed by atoms with Crippen molar-refractivity contribution in [2.75, 3.05) is 13.2 Å². The van der Waals surface area contributed by atoms with E-state index >= 15 is 0 Å². The minimum Gasteiger partial charge on any atom is -0.395 e. The quantitative estimate of drug-likeness (QED) is 0.828. The topological polar surface area (TPSA) is 77.2 Å². The highest BCUT2D eigenvalue weighted by Gasteiger charge is 2.10. The van der Waals surface area contributed by atoms with Gasteiger partial charge in [0.1, 0.15) is 0 Å². The molecule has 0 radical (unpaired) electrons. The zero-order chi connectivity index (χ0) is 16.5. The van der Waals surface area contributed by atoms with Crippen molar-refractivity contribution >= 4 is 12.0 Å². The Morgan fingerprint density at radius 1 is 1.35 bits per heavy atom. The van der Waals surface area contributed by atoms with Gasteiger partial charge in [0.15, 0.2) is 0 Å². The third kappa shape index (κ3) is 5.06. The summed E-state index contributed by atoms with van der Waals surface area (Å²) in [6.45, 7) is 0.524. The first kappa shape index (κ1) is 16.4. The highest BCUT2D eigenvalue weighted by molar-refractivity contribution is 5.91. The molecule has 0 saturated carbocycles. The van der Waals surface area contributed by atoms with Crippen LogP contribution in [-0.2, 0) is 11.3 Å². The van der Waals surface area contributed by atoms with Crippen molar-refractivity contribution in [2.45, 2.75) is 6.54 Å². The third-order valence-electron chi connectivity index (χ3n) is 3.21. The summed E-state index contributed by atoms with van der Waals surface area (Å²) in [5.41, 5.74) is 2.22. The molecular formula is C18H17N3O2. The van der Waals surface area contributed by atoms with Crippen molar-refractivity contribution in [3.63, 3.8) is 0 Å². The van der Waals surface area contributed by atoms with E-state index in [9.17, 15) is 4.79 Å². The Bertz CT molecular complexity index is 721. The summed E-state index contributed by atoms with van der Waals surface area (Å²) in [5.74, 6) is -0.203. The minimum absolute atomic E-state index is 0.107. The van der Waals surface area contributed by atoms with Crippen LogP contribution in [0.15, 0.2) is 54.9 Å². The second kappa shape index (κ2) is 8.47. The van der Waals surface area contributed by atoms with Gasteiger partial charge in [-0.2, -0.15) is 5.26 Å². The number of aromatic nitrogens is 1. The molecule has 1 aromatic carbocycles. The first-order valence-corrected chi connectivity index (χ1v) is 7.20. The zero-order valence-corrected chi connectivity index (χ0v) is 12.6. The molecule has 1 N–H and O–H groups in total. The maximum Gasteiger partial charge on any atom is 0.246 e. The van der Waals surface area contributed by atoms with Crippen LogP contribution in [0.2, 0.25) is 0 Å². The Morgan fingerprint density at radius 2 is 2.22 bits per heavy atom. The fraction of sp³-hybridized carbons (Fsp3) is 0.167. The van der Waals surface area contributed by atoms with E-state index in [0.29, 0.717) is 12.1 Å². The van der Waals surface area contributed by atoms with E-state index < -0.39 is 0 Å². The largest absolute Gasteiger partial charge is 0.395 e. The second-order valence-corrected chi connectivity index (χ2v) is 4.92. The number of aliphatic hydroxyl groups is 1. The van der Waals surface area contributed by atoms with Crippen molar-refractivity contribution in [3.8, 4) is 6.07 Å². The molecule has 0 bridgehead atoms. The van der Waals surface area contributed by atoms with Gasteiger partial charge in [-0.1, -0.05) is 18.2 Å². The lowest BCUT2D eigenvalue weighted by Gasteiger charge is -2.20. The van der Waals surface area contributed by atoms with Crippen LogP contribution >= 0.6 is 0 Å². The van der Waals surface area contributed by atoms with Crippen LogP contribution in [0, 0.1) is 11.3 Å². The van der Waals surface area contributed by atoms with Gasteiger partial charge in [-0.3, -0.25) is 9.78 Å². The van der Waals surface area contributed by atoms with Crippen LogP contribution < -0.4 is 0 Å². The summed E-state index contributed by atoms with van der Waals surface area (Å²) in [4.78, 5) is 17.9. The highest BCUT2D eigenvalue weighted by atomic mass is 16.3. The maximum absolute atomic E-state index is 12.3. The molecule has 0 fully saturated rings. The Labute approximate surface area is 135 Å². The lowest BCUT2D eigenvalue weighted by molar-refractivity contribution is -0.127. The average molecular weight is 307 g/mol. The molecule has 5 heteroatoms. The van der Waals surface area contributed by atoms with Crippen molar-refractivity contribution in [2.24, 2.45) is 0 Å². The van der Waals surface area contributed by atoms with E-state index in [1.165, 1.54) is 6.08 Å². The van der Waals surface area contributed by atoms with Crippen LogP contribution in [0.25, 0.3) is 6.08 Å². The molecule has 116 valence electrons. The molecule has 2 aromatic rings. The van der Waals surface area contributed by atoms with E-state index in [0.717, 1.165) is 11.1 Å². The fourth-order valence-electron chi connectivity index (χ4n) is 2.08. The van der Waals surface area contributed by atoms with Gasteiger partial charge >= 0.3 is 0 Å². The standard InChI is InChI=1S/C18H17N3O2/c19-12-16-4-1-3-15(11-16)6-7-18(23)21(9-10-22)14-17-5-2-8-20-13-17/h1-8,11,13,22H,9-10,14H2/b7-6+. The van der Waals surface area contributed by atoms with Gasteiger partial charge in [-0.05, 0) is 35.4 Å². The number of nitrogens with zero attached hydrogens (tertiary/aromatic N) is 3. The van der Waals surface area contributed by atoms with Gasteiger partial charge in [0.25, 0.3) is 0 Å². The molecule has 0 aliphatic carbocycles. The molecule has 0 aliphatic heterocycles. The number of pyridine rings is 1. The number of rotatable bonds is 6. The Morgan fingerprint density at radius 3 is 2.91 bits per heavy atom. The maximum atomic E-state index is 12.3. The number of hydrogen-bond acceptors (Lipinski definition) is 4. The first-order chi connectivity index (χ1) is 11.2. The lowest BCUT2D eigenvalue weighted by atomic mass is 10.1. The molecule has 1 aromatic heterocycles. The van der Waals surface area contributed by atoms with E-state index in [4.69, 9.17) is 10.4 Å². The molecule has 1 amide bonds. The van der Waals surface area contributed by atoms with Crippen molar-refractivity contribution in [3.05, 3.63) is 71.6 Å².